The number of allylic oxidation sites excluding steroid dienone is 1. The van der Waals surface area contributed by atoms with E-state index in [1.165, 1.54) is 0 Å². The number of rotatable bonds is 7. The van der Waals surface area contributed by atoms with Crippen LogP contribution in [0.1, 0.15) is 26.3 Å². The van der Waals surface area contributed by atoms with Crippen LogP contribution in [-0.2, 0) is 20.5 Å². The van der Waals surface area contributed by atoms with Crippen LogP contribution >= 0.6 is 0 Å². The number of benzene rings is 1. The molecular weight excluding hydrogens is 268 g/mol. The Morgan fingerprint density at radius 2 is 1.70 bits per heavy atom. The van der Waals surface area contributed by atoms with Crippen molar-refractivity contribution in [3.05, 3.63) is 47.6 Å². The first-order chi connectivity index (χ1) is 9.28. The van der Waals surface area contributed by atoms with E-state index in [0.29, 0.717) is 18.3 Å². The summed E-state index contributed by atoms with van der Waals surface area (Å²) in [5.74, 6) is 1.22. The zero-order valence-corrected chi connectivity index (χ0v) is 14.4. The molecule has 0 heterocycles. The summed E-state index contributed by atoms with van der Waals surface area (Å²) in [5, 5.41) is 0. The van der Waals surface area contributed by atoms with Crippen molar-refractivity contribution in [2.45, 2.75) is 53.1 Å². The van der Waals surface area contributed by atoms with Gasteiger partial charge >= 0.3 is 5.95 Å². The molecule has 1 aromatic carbocycles. The molecule has 0 saturated carbocycles. The predicted octanol–water partition coefficient (Wildman–Crippen LogP) is 4.67. The van der Waals surface area contributed by atoms with E-state index >= 15 is 0 Å². The van der Waals surface area contributed by atoms with Gasteiger partial charge in [-0.3, -0.25) is 0 Å². The zero-order chi connectivity index (χ0) is 15.2. The highest BCUT2D eigenvalue weighted by atomic mass is 28.4. The Morgan fingerprint density at radius 3 is 2.20 bits per heavy atom. The summed E-state index contributed by atoms with van der Waals surface area (Å²) in [6.07, 6.45) is 0.0663. The standard InChI is InChI=1S/C16H26O3Si/c1-13(2)18-16(19-20(4,5)6)14(3)17-12-15-10-8-7-9-11-15/h7-11,13H,12H2,1-6H3/b16-14+. The minimum absolute atomic E-state index is 0.0663. The van der Waals surface area contributed by atoms with Crippen LogP contribution in [0.2, 0.25) is 19.6 Å². The molecule has 0 aliphatic rings. The molecule has 0 unspecified atom stereocenters. The maximum Gasteiger partial charge on any atom is 0.305 e. The molecule has 1 aromatic rings. The molecule has 0 bridgehead atoms. The molecule has 112 valence electrons. The van der Waals surface area contributed by atoms with Crippen LogP contribution in [0.5, 0.6) is 0 Å². The third-order valence-corrected chi connectivity index (χ3v) is 3.13. The maximum atomic E-state index is 5.97. The highest BCUT2D eigenvalue weighted by molar-refractivity contribution is 6.70. The lowest BCUT2D eigenvalue weighted by Gasteiger charge is -2.24. The van der Waals surface area contributed by atoms with Crippen LogP contribution in [0, 0.1) is 0 Å². The molecule has 0 aromatic heterocycles. The molecule has 0 aliphatic carbocycles. The molecule has 0 atom stereocenters. The van der Waals surface area contributed by atoms with E-state index in [2.05, 4.69) is 19.6 Å². The monoisotopic (exact) mass is 294 g/mol. The fourth-order valence-electron chi connectivity index (χ4n) is 1.50. The Kier molecular flexibility index (Phi) is 6.14. The van der Waals surface area contributed by atoms with Gasteiger partial charge in [0.25, 0.3) is 0 Å². The minimum atomic E-state index is -1.72. The lowest BCUT2D eigenvalue weighted by molar-refractivity contribution is 0.0339. The molecule has 0 N–H and O–H groups in total. The van der Waals surface area contributed by atoms with Crippen molar-refractivity contribution in [1.29, 1.82) is 0 Å². The Morgan fingerprint density at radius 1 is 1.10 bits per heavy atom. The fourth-order valence-corrected chi connectivity index (χ4v) is 2.24. The zero-order valence-electron chi connectivity index (χ0n) is 13.4. The van der Waals surface area contributed by atoms with E-state index < -0.39 is 8.32 Å². The van der Waals surface area contributed by atoms with E-state index in [0.717, 1.165) is 5.56 Å². The summed E-state index contributed by atoms with van der Waals surface area (Å²) in [7, 11) is -1.72. The van der Waals surface area contributed by atoms with E-state index in [1.807, 2.05) is 51.1 Å². The molecule has 4 heteroatoms. The maximum absolute atomic E-state index is 5.97. The molecule has 3 nitrogen and oxygen atoms in total. The predicted molar refractivity (Wildman–Crippen MR) is 84.6 cm³/mol. The van der Waals surface area contributed by atoms with Gasteiger partial charge in [0.15, 0.2) is 5.76 Å². The summed E-state index contributed by atoms with van der Waals surface area (Å²) < 4.78 is 17.5. The average Bonchev–Trinajstić information content (AvgIpc) is 2.34. The molecule has 0 radical (unpaired) electrons. The third kappa shape index (κ3) is 6.66. The summed E-state index contributed by atoms with van der Waals surface area (Å²) in [4.78, 5) is 0. The Hall–Kier alpha value is -1.42. The van der Waals surface area contributed by atoms with Crippen LogP contribution in [0.25, 0.3) is 0 Å². The summed E-state index contributed by atoms with van der Waals surface area (Å²) >= 11 is 0. The van der Waals surface area contributed by atoms with E-state index in [9.17, 15) is 0 Å². The summed E-state index contributed by atoms with van der Waals surface area (Å²) in [5.41, 5.74) is 1.13. The number of ether oxygens (including phenoxy) is 2. The molecule has 0 saturated heterocycles. The van der Waals surface area contributed by atoms with Gasteiger partial charge in [-0.1, -0.05) is 30.3 Å². The highest BCUT2D eigenvalue weighted by Gasteiger charge is 2.21. The van der Waals surface area contributed by atoms with Gasteiger partial charge in [-0.25, -0.2) is 0 Å². The van der Waals surface area contributed by atoms with Crippen molar-refractivity contribution >= 4 is 8.32 Å². The van der Waals surface area contributed by atoms with Crippen LogP contribution in [0.15, 0.2) is 42.0 Å². The van der Waals surface area contributed by atoms with Crippen LogP contribution < -0.4 is 0 Å². The van der Waals surface area contributed by atoms with Crippen molar-refractivity contribution in [2.75, 3.05) is 0 Å². The first-order valence-corrected chi connectivity index (χ1v) is 10.4. The molecule has 0 amide bonds. The van der Waals surface area contributed by atoms with Crippen molar-refractivity contribution < 1.29 is 13.9 Å². The van der Waals surface area contributed by atoms with Crippen molar-refractivity contribution in [3.8, 4) is 0 Å². The second kappa shape index (κ2) is 7.38. The van der Waals surface area contributed by atoms with Crippen molar-refractivity contribution in [1.82, 2.24) is 0 Å². The Bertz CT molecular complexity index is 433. The number of hydrogen-bond donors (Lipinski definition) is 0. The molecule has 0 aliphatic heterocycles. The molecule has 20 heavy (non-hydrogen) atoms. The lowest BCUT2D eigenvalue weighted by Crippen LogP contribution is -2.27. The summed E-state index contributed by atoms with van der Waals surface area (Å²) in [6, 6.07) is 10.1. The number of hydrogen-bond acceptors (Lipinski definition) is 3. The Labute approximate surface area is 123 Å². The van der Waals surface area contributed by atoms with E-state index in [1.54, 1.807) is 0 Å². The Balaban J connectivity index is 2.74. The van der Waals surface area contributed by atoms with Gasteiger partial charge in [0.2, 0.25) is 8.32 Å². The van der Waals surface area contributed by atoms with Gasteiger partial charge in [-0.15, -0.1) is 0 Å². The fraction of sp³-hybridized carbons (Fsp3) is 0.500. The third-order valence-electron chi connectivity index (χ3n) is 2.33. The first-order valence-electron chi connectivity index (χ1n) is 7.01. The first kappa shape index (κ1) is 16.6. The molecule has 0 fully saturated rings. The lowest BCUT2D eigenvalue weighted by atomic mass is 10.2. The van der Waals surface area contributed by atoms with Gasteiger partial charge in [0, 0.05) is 6.92 Å². The average molecular weight is 294 g/mol. The minimum Gasteiger partial charge on any atom is -0.517 e. The normalized spacial score (nSPS) is 12.9. The van der Waals surface area contributed by atoms with Crippen molar-refractivity contribution in [3.63, 3.8) is 0 Å². The second-order valence-corrected chi connectivity index (χ2v) is 10.4. The molecule has 0 spiro atoms. The van der Waals surface area contributed by atoms with Gasteiger partial charge in [0.1, 0.15) is 6.61 Å². The van der Waals surface area contributed by atoms with Crippen LogP contribution in [-0.4, -0.2) is 14.4 Å². The quantitative estimate of drug-likeness (QED) is 0.540. The molecular formula is C16H26O3Si. The highest BCUT2D eigenvalue weighted by Crippen LogP contribution is 2.19. The second-order valence-electron chi connectivity index (χ2n) is 6.00. The van der Waals surface area contributed by atoms with Crippen molar-refractivity contribution in [2.24, 2.45) is 0 Å². The largest absolute Gasteiger partial charge is 0.517 e. The van der Waals surface area contributed by atoms with Gasteiger partial charge in [0.05, 0.1) is 6.10 Å². The van der Waals surface area contributed by atoms with Gasteiger partial charge < -0.3 is 13.9 Å². The molecule has 1 rings (SSSR count). The smallest absolute Gasteiger partial charge is 0.305 e. The van der Waals surface area contributed by atoms with Gasteiger partial charge in [-0.05, 0) is 39.1 Å². The van der Waals surface area contributed by atoms with E-state index in [4.69, 9.17) is 13.9 Å². The van der Waals surface area contributed by atoms with Crippen LogP contribution in [0.3, 0.4) is 0 Å². The van der Waals surface area contributed by atoms with Crippen LogP contribution in [0.4, 0.5) is 0 Å². The topological polar surface area (TPSA) is 27.7 Å². The van der Waals surface area contributed by atoms with E-state index in [-0.39, 0.29) is 6.10 Å². The summed E-state index contributed by atoms with van der Waals surface area (Å²) in [6.45, 7) is 12.8. The van der Waals surface area contributed by atoms with Gasteiger partial charge in [-0.2, -0.15) is 0 Å². The SMILES string of the molecule is C/C(OCc1ccccc1)=C(/OC(C)C)O[Si](C)(C)C.